The average Bonchev–Trinajstić information content (AvgIpc) is 2.69. The molecule has 0 saturated carbocycles. The predicted molar refractivity (Wildman–Crippen MR) is 80.2 cm³/mol. The minimum atomic E-state index is 0.393. The number of nitrogens with two attached hydrogens (primary N) is 1. The lowest BCUT2D eigenvalue weighted by Crippen LogP contribution is -2.01. The summed E-state index contributed by atoms with van der Waals surface area (Å²) in [6.45, 7) is 2.02. The van der Waals surface area contributed by atoms with E-state index in [0.29, 0.717) is 16.0 Å². The smallest absolute Gasteiger partial charge is 0.205 e. The second-order valence-corrected chi connectivity index (χ2v) is 5.16. The third-order valence-corrected chi connectivity index (χ3v) is 3.82. The van der Waals surface area contributed by atoms with Gasteiger partial charge >= 0.3 is 0 Å². The molecule has 96 valence electrons. The highest BCUT2D eigenvalue weighted by molar-refractivity contribution is 6.43. The van der Waals surface area contributed by atoms with Crippen molar-refractivity contribution >= 4 is 40.2 Å². The van der Waals surface area contributed by atoms with Crippen molar-refractivity contribution in [2.24, 2.45) is 0 Å². The summed E-state index contributed by atoms with van der Waals surface area (Å²) >= 11 is 12.3. The zero-order chi connectivity index (χ0) is 13.6. The Morgan fingerprint density at radius 3 is 2.74 bits per heavy atom. The summed E-state index contributed by atoms with van der Waals surface area (Å²) in [5.74, 6) is 0.393. The van der Waals surface area contributed by atoms with Crippen LogP contribution in [-0.2, 0) is 0 Å². The molecule has 3 aromatic rings. The summed E-state index contributed by atoms with van der Waals surface area (Å²) < 4.78 is 1.82. The Morgan fingerprint density at radius 2 is 1.95 bits per heavy atom. The van der Waals surface area contributed by atoms with Crippen LogP contribution in [0, 0.1) is 6.92 Å². The van der Waals surface area contributed by atoms with Crippen molar-refractivity contribution < 1.29 is 0 Å². The third kappa shape index (κ3) is 1.95. The topological polar surface area (TPSA) is 43.8 Å². The molecule has 19 heavy (non-hydrogen) atoms. The molecule has 0 bridgehead atoms. The molecule has 3 nitrogen and oxygen atoms in total. The Labute approximate surface area is 120 Å². The molecular formula is C14H11Cl2N3. The Kier molecular flexibility index (Phi) is 2.88. The molecule has 0 radical (unpaired) electrons. The summed E-state index contributed by atoms with van der Waals surface area (Å²) in [5.41, 5.74) is 9.62. The van der Waals surface area contributed by atoms with Gasteiger partial charge < -0.3 is 5.73 Å². The number of fused-ring (bicyclic) bond motifs is 1. The van der Waals surface area contributed by atoms with Gasteiger partial charge in [0.05, 0.1) is 26.8 Å². The van der Waals surface area contributed by atoms with Crippen LogP contribution in [0.25, 0.3) is 16.7 Å². The van der Waals surface area contributed by atoms with Crippen LogP contribution in [0.15, 0.2) is 36.4 Å². The first-order valence-electron chi connectivity index (χ1n) is 5.77. The second kappa shape index (κ2) is 4.44. The van der Waals surface area contributed by atoms with E-state index in [1.807, 2.05) is 41.8 Å². The molecule has 0 saturated heterocycles. The number of aryl methyl sites for hydroxylation is 1. The molecule has 0 amide bonds. The highest BCUT2D eigenvalue weighted by atomic mass is 35.5. The normalized spacial score (nSPS) is 11.1. The van der Waals surface area contributed by atoms with Crippen molar-refractivity contribution in [3.63, 3.8) is 0 Å². The molecule has 2 aromatic carbocycles. The highest BCUT2D eigenvalue weighted by Crippen LogP contribution is 2.32. The van der Waals surface area contributed by atoms with Gasteiger partial charge in [-0.25, -0.2) is 4.98 Å². The van der Waals surface area contributed by atoms with Gasteiger partial charge in [-0.05, 0) is 36.8 Å². The first-order valence-corrected chi connectivity index (χ1v) is 6.52. The van der Waals surface area contributed by atoms with E-state index in [4.69, 9.17) is 28.9 Å². The highest BCUT2D eigenvalue weighted by Gasteiger charge is 2.14. The van der Waals surface area contributed by atoms with E-state index < -0.39 is 0 Å². The lowest BCUT2D eigenvalue weighted by atomic mass is 10.2. The number of nitrogen functional groups attached to an aromatic ring is 1. The number of rotatable bonds is 1. The van der Waals surface area contributed by atoms with Crippen LogP contribution in [0.4, 0.5) is 5.95 Å². The predicted octanol–water partition coefficient (Wildman–Crippen LogP) is 4.22. The zero-order valence-electron chi connectivity index (χ0n) is 10.2. The van der Waals surface area contributed by atoms with Crippen LogP contribution >= 0.6 is 23.2 Å². The van der Waals surface area contributed by atoms with Crippen LogP contribution in [0.5, 0.6) is 0 Å². The number of halogens is 2. The fourth-order valence-electron chi connectivity index (χ4n) is 2.12. The Balaban J connectivity index is 2.39. The maximum Gasteiger partial charge on any atom is 0.205 e. The Morgan fingerprint density at radius 1 is 1.16 bits per heavy atom. The molecule has 1 heterocycles. The van der Waals surface area contributed by atoms with Crippen molar-refractivity contribution in [3.8, 4) is 5.69 Å². The van der Waals surface area contributed by atoms with Crippen molar-refractivity contribution in [2.75, 3.05) is 5.73 Å². The monoisotopic (exact) mass is 291 g/mol. The molecule has 1 aromatic heterocycles. The first kappa shape index (κ1) is 12.3. The SMILES string of the molecule is Cc1ccc2nc(N)n(-c3cccc(Cl)c3Cl)c2c1. The number of nitrogens with zero attached hydrogens (tertiary/aromatic N) is 2. The van der Waals surface area contributed by atoms with Crippen LogP contribution in [0.2, 0.25) is 10.0 Å². The third-order valence-electron chi connectivity index (χ3n) is 3.01. The molecule has 0 unspecified atom stereocenters. The van der Waals surface area contributed by atoms with Gasteiger partial charge in [0.1, 0.15) is 0 Å². The number of hydrogen-bond acceptors (Lipinski definition) is 2. The van der Waals surface area contributed by atoms with Crippen molar-refractivity contribution in [2.45, 2.75) is 6.92 Å². The molecule has 0 aliphatic carbocycles. The molecule has 0 fully saturated rings. The Hall–Kier alpha value is -1.71. The van der Waals surface area contributed by atoms with Crippen LogP contribution < -0.4 is 5.73 Å². The summed E-state index contributed by atoms with van der Waals surface area (Å²) in [7, 11) is 0. The van der Waals surface area contributed by atoms with E-state index in [2.05, 4.69) is 4.98 Å². The van der Waals surface area contributed by atoms with Crippen LogP contribution in [0.1, 0.15) is 5.56 Å². The molecule has 0 aliphatic rings. The maximum atomic E-state index is 6.26. The fourth-order valence-corrected chi connectivity index (χ4v) is 2.50. The molecule has 3 rings (SSSR count). The van der Waals surface area contributed by atoms with Crippen molar-refractivity contribution in [1.82, 2.24) is 9.55 Å². The standard InChI is InChI=1S/C14H11Cl2N3/c1-8-5-6-10-12(7-8)19(14(17)18-10)11-4-2-3-9(15)13(11)16/h2-7H,1H3,(H2,17,18). The van der Waals surface area contributed by atoms with Gasteiger partial charge in [0.2, 0.25) is 5.95 Å². The minimum Gasteiger partial charge on any atom is -0.369 e. The quantitative estimate of drug-likeness (QED) is 0.729. The number of aromatic nitrogens is 2. The number of benzene rings is 2. The number of hydrogen-bond donors (Lipinski definition) is 1. The summed E-state index contributed by atoms with van der Waals surface area (Å²) in [5, 5.41) is 0.963. The molecular weight excluding hydrogens is 281 g/mol. The van der Waals surface area contributed by atoms with Gasteiger partial charge in [-0.2, -0.15) is 0 Å². The second-order valence-electron chi connectivity index (χ2n) is 4.37. The van der Waals surface area contributed by atoms with Gasteiger partial charge in [-0.3, -0.25) is 4.57 Å². The molecule has 2 N–H and O–H groups in total. The van der Waals surface area contributed by atoms with Gasteiger partial charge in [0.25, 0.3) is 0 Å². The summed E-state index contributed by atoms with van der Waals surface area (Å²) in [4.78, 5) is 4.34. The largest absolute Gasteiger partial charge is 0.369 e. The van der Waals surface area contributed by atoms with E-state index in [9.17, 15) is 0 Å². The van der Waals surface area contributed by atoms with E-state index in [1.54, 1.807) is 6.07 Å². The molecule has 0 atom stereocenters. The summed E-state index contributed by atoms with van der Waals surface area (Å²) in [6, 6.07) is 11.4. The minimum absolute atomic E-state index is 0.393. The van der Waals surface area contributed by atoms with E-state index in [1.165, 1.54) is 0 Å². The van der Waals surface area contributed by atoms with E-state index in [-0.39, 0.29) is 0 Å². The van der Waals surface area contributed by atoms with E-state index in [0.717, 1.165) is 22.3 Å². The van der Waals surface area contributed by atoms with Crippen molar-refractivity contribution in [1.29, 1.82) is 0 Å². The first-order chi connectivity index (χ1) is 9.08. The van der Waals surface area contributed by atoms with Gasteiger partial charge in [-0.15, -0.1) is 0 Å². The van der Waals surface area contributed by atoms with Crippen molar-refractivity contribution in [3.05, 3.63) is 52.0 Å². The number of imidazole rings is 1. The van der Waals surface area contributed by atoms with Gasteiger partial charge in [-0.1, -0.05) is 35.3 Å². The summed E-state index contributed by atoms with van der Waals surface area (Å²) in [6.07, 6.45) is 0. The molecule has 0 spiro atoms. The van der Waals surface area contributed by atoms with Gasteiger partial charge in [0, 0.05) is 0 Å². The maximum absolute atomic E-state index is 6.26. The zero-order valence-corrected chi connectivity index (χ0v) is 11.7. The molecule has 0 aliphatic heterocycles. The van der Waals surface area contributed by atoms with Crippen LogP contribution in [-0.4, -0.2) is 9.55 Å². The lowest BCUT2D eigenvalue weighted by molar-refractivity contribution is 1.11. The van der Waals surface area contributed by atoms with E-state index >= 15 is 0 Å². The Bertz CT molecular complexity index is 778. The van der Waals surface area contributed by atoms with Crippen LogP contribution in [0.3, 0.4) is 0 Å². The van der Waals surface area contributed by atoms with Gasteiger partial charge in [0.15, 0.2) is 0 Å². The number of anilines is 1. The molecule has 5 heteroatoms. The lowest BCUT2D eigenvalue weighted by Gasteiger charge is -2.09. The fraction of sp³-hybridized carbons (Fsp3) is 0.0714. The average molecular weight is 292 g/mol.